The molecule has 0 spiro atoms. The topological polar surface area (TPSA) is 41.4 Å². The molecule has 1 amide bonds. The third-order valence-corrected chi connectivity index (χ3v) is 6.71. The highest BCUT2D eigenvalue weighted by atomic mass is 16.2. The van der Waals surface area contributed by atoms with Crippen molar-refractivity contribution in [1.82, 2.24) is 19.6 Å². The van der Waals surface area contributed by atoms with Crippen molar-refractivity contribution in [2.45, 2.75) is 26.4 Å². The van der Waals surface area contributed by atoms with Crippen molar-refractivity contribution in [3.8, 4) is 5.69 Å². The van der Waals surface area contributed by atoms with Crippen molar-refractivity contribution >= 4 is 5.91 Å². The number of aryl methyl sites for hydroxylation is 1. The van der Waals surface area contributed by atoms with Crippen molar-refractivity contribution in [2.75, 3.05) is 19.6 Å². The van der Waals surface area contributed by atoms with Gasteiger partial charge in [0.15, 0.2) is 0 Å². The number of para-hydroxylation sites is 1. The van der Waals surface area contributed by atoms with Gasteiger partial charge in [0.1, 0.15) is 0 Å². The second kappa shape index (κ2) is 7.73. The molecule has 3 heterocycles. The van der Waals surface area contributed by atoms with Crippen molar-refractivity contribution in [1.29, 1.82) is 0 Å². The van der Waals surface area contributed by atoms with E-state index in [0.717, 1.165) is 31.9 Å². The summed E-state index contributed by atoms with van der Waals surface area (Å²) < 4.78 is 1.94. The van der Waals surface area contributed by atoms with E-state index in [9.17, 15) is 4.79 Å². The molecule has 0 N–H and O–H groups in total. The predicted octanol–water partition coefficient (Wildman–Crippen LogP) is 3.83. The molecular formula is C25H28N4O. The fourth-order valence-electron chi connectivity index (χ4n) is 5.33. The molecule has 2 aliphatic rings. The van der Waals surface area contributed by atoms with Crippen LogP contribution in [0.3, 0.4) is 0 Å². The number of amides is 1. The Balaban J connectivity index is 1.33. The van der Waals surface area contributed by atoms with Crippen molar-refractivity contribution in [2.24, 2.45) is 11.8 Å². The molecule has 0 unspecified atom stereocenters. The number of rotatable bonds is 4. The van der Waals surface area contributed by atoms with Gasteiger partial charge in [-0.05, 0) is 36.1 Å². The molecule has 0 saturated carbocycles. The summed E-state index contributed by atoms with van der Waals surface area (Å²) in [7, 11) is 0. The van der Waals surface area contributed by atoms with Crippen LogP contribution in [-0.4, -0.2) is 45.1 Å². The number of likely N-dealkylation sites (tertiary alicyclic amines) is 2. The molecule has 0 radical (unpaired) electrons. The Kier molecular flexibility index (Phi) is 4.91. The van der Waals surface area contributed by atoms with Crippen LogP contribution in [0.1, 0.15) is 29.7 Å². The van der Waals surface area contributed by atoms with Crippen LogP contribution in [0.4, 0.5) is 0 Å². The van der Waals surface area contributed by atoms with E-state index in [-0.39, 0.29) is 11.9 Å². The summed E-state index contributed by atoms with van der Waals surface area (Å²) in [5.41, 5.74) is 4.89. The highest BCUT2D eigenvalue weighted by Gasteiger charge is 2.48. The SMILES string of the molecule is CC(=O)N1C[C@H]2CN(Cc3cnn(-c4ccccc4)c3)C[C@H]2[C@H]1c1ccccc1C. The minimum Gasteiger partial charge on any atom is -0.335 e. The minimum absolute atomic E-state index is 0.186. The number of hydrogen-bond acceptors (Lipinski definition) is 3. The Labute approximate surface area is 177 Å². The van der Waals surface area contributed by atoms with Gasteiger partial charge in [0.2, 0.25) is 5.91 Å². The first-order chi connectivity index (χ1) is 14.6. The lowest BCUT2D eigenvalue weighted by molar-refractivity contribution is -0.130. The van der Waals surface area contributed by atoms with E-state index in [2.05, 4.69) is 64.4 Å². The number of nitrogens with zero attached hydrogens (tertiary/aromatic N) is 4. The Morgan fingerprint density at radius 3 is 2.57 bits per heavy atom. The Hall–Kier alpha value is -2.92. The number of aromatic nitrogens is 2. The van der Waals surface area contributed by atoms with E-state index >= 15 is 0 Å². The van der Waals surface area contributed by atoms with Gasteiger partial charge in [-0.3, -0.25) is 9.69 Å². The summed E-state index contributed by atoms with van der Waals surface area (Å²) in [5, 5.41) is 4.55. The zero-order valence-corrected chi connectivity index (χ0v) is 17.6. The molecule has 0 bridgehead atoms. The quantitative estimate of drug-likeness (QED) is 0.668. The fraction of sp³-hybridized carbons (Fsp3) is 0.360. The number of benzene rings is 2. The standard InChI is InChI=1S/C25H28N4O/c1-18-8-6-7-11-23(18)25-24-17-27(15-21(24)16-28(25)19(2)30)13-20-12-26-29(14-20)22-9-4-3-5-10-22/h3-12,14,21,24-25H,13,15-17H2,1-2H3/t21-,24-,25-/m1/s1. The second-order valence-electron chi connectivity index (χ2n) is 8.72. The zero-order chi connectivity index (χ0) is 20.7. The van der Waals surface area contributed by atoms with Crippen LogP contribution in [0.2, 0.25) is 0 Å². The third kappa shape index (κ3) is 3.43. The van der Waals surface area contributed by atoms with E-state index in [0.29, 0.717) is 11.8 Å². The Bertz CT molecular complexity index is 1040. The lowest BCUT2D eigenvalue weighted by Crippen LogP contribution is -2.34. The number of carbonyl (C=O) groups is 1. The van der Waals surface area contributed by atoms with Crippen LogP contribution >= 0.6 is 0 Å². The first-order valence-electron chi connectivity index (χ1n) is 10.7. The van der Waals surface area contributed by atoms with Gasteiger partial charge in [0.25, 0.3) is 0 Å². The molecule has 3 atom stereocenters. The van der Waals surface area contributed by atoms with Gasteiger partial charge in [0, 0.05) is 50.8 Å². The molecule has 2 fully saturated rings. The van der Waals surface area contributed by atoms with Crippen LogP contribution in [0.5, 0.6) is 0 Å². The van der Waals surface area contributed by atoms with Gasteiger partial charge in [-0.25, -0.2) is 4.68 Å². The van der Waals surface area contributed by atoms with Crippen LogP contribution in [-0.2, 0) is 11.3 Å². The van der Waals surface area contributed by atoms with E-state index in [1.54, 1.807) is 6.92 Å². The van der Waals surface area contributed by atoms with Gasteiger partial charge in [-0.1, -0.05) is 42.5 Å². The molecule has 5 heteroatoms. The maximum absolute atomic E-state index is 12.4. The smallest absolute Gasteiger partial charge is 0.219 e. The third-order valence-electron chi connectivity index (χ3n) is 6.71. The lowest BCUT2D eigenvalue weighted by atomic mass is 9.87. The van der Waals surface area contributed by atoms with Crippen LogP contribution in [0, 0.1) is 18.8 Å². The largest absolute Gasteiger partial charge is 0.335 e. The lowest BCUT2D eigenvalue weighted by Gasteiger charge is -2.30. The zero-order valence-electron chi connectivity index (χ0n) is 17.6. The molecule has 30 heavy (non-hydrogen) atoms. The van der Waals surface area contributed by atoms with Crippen LogP contribution in [0.15, 0.2) is 67.0 Å². The van der Waals surface area contributed by atoms with E-state index in [1.165, 1.54) is 16.7 Å². The molecule has 0 aliphatic carbocycles. The molecule has 1 aromatic heterocycles. The minimum atomic E-state index is 0.186. The molecule has 2 saturated heterocycles. The first-order valence-corrected chi connectivity index (χ1v) is 10.7. The summed E-state index contributed by atoms with van der Waals surface area (Å²) in [6.45, 7) is 7.68. The highest BCUT2D eigenvalue weighted by Crippen LogP contribution is 2.46. The van der Waals surface area contributed by atoms with E-state index in [4.69, 9.17) is 0 Å². The summed E-state index contributed by atoms with van der Waals surface area (Å²) in [6.07, 6.45) is 4.10. The monoisotopic (exact) mass is 400 g/mol. The molecule has 5 rings (SSSR count). The van der Waals surface area contributed by atoms with Gasteiger partial charge < -0.3 is 4.90 Å². The summed E-state index contributed by atoms with van der Waals surface area (Å²) >= 11 is 0. The fourth-order valence-corrected chi connectivity index (χ4v) is 5.33. The molecule has 2 aromatic carbocycles. The number of carbonyl (C=O) groups excluding carboxylic acids is 1. The molecule has 2 aliphatic heterocycles. The van der Waals surface area contributed by atoms with Crippen LogP contribution < -0.4 is 0 Å². The van der Waals surface area contributed by atoms with E-state index < -0.39 is 0 Å². The summed E-state index contributed by atoms with van der Waals surface area (Å²) in [5.74, 6) is 1.20. The molecular weight excluding hydrogens is 372 g/mol. The highest BCUT2D eigenvalue weighted by molar-refractivity contribution is 5.74. The summed E-state index contributed by atoms with van der Waals surface area (Å²) in [4.78, 5) is 17.0. The maximum atomic E-state index is 12.4. The van der Waals surface area contributed by atoms with Crippen LogP contribution in [0.25, 0.3) is 5.69 Å². The first kappa shape index (κ1) is 19.1. The summed E-state index contributed by atoms with van der Waals surface area (Å²) in [6, 6.07) is 18.9. The number of fused-ring (bicyclic) bond motifs is 1. The van der Waals surface area contributed by atoms with Gasteiger partial charge in [0.05, 0.1) is 17.9 Å². The Morgan fingerprint density at radius 1 is 1.03 bits per heavy atom. The van der Waals surface area contributed by atoms with Crippen molar-refractivity contribution in [3.63, 3.8) is 0 Å². The predicted molar refractivity (Wildman–Crippen MR) is 117 cm³/mol. The Morgan fingerprint density at radius 2 is 1.80 bits per heavy atom. The van der Waals surface area contributed by atoms with Crippen molar-refractivity contribution in [3.05, 3.63) is 83.7 Å². The maximum Gasteiger partial charge on any atom is 0.219 e. The molecule has 5 nitrogen and oxygen atoms in total. The van der Waals surface area contributed by atoms with Crippen molar-refractivity contribution < 1.29 is 4.79 Å². The van der Waals surface area contributed by atoms with E-state index in [1.807, 2.05) is 29.1 Å². The molecule has 3 aromatic rings. The second-order valence-corrected chi connectivity index (χ2v) is 8.72. The molecule has 154 valence electrons. The number of hydrogen-bond donors (Lipinski definition) is 0. The van der Waals surface area contributed by atoms with Gasteiger partial charge >= 0.3 is 0 Å². The average Bonchev–Trinajstić information content (AvgIpc) is 3.44. The van der Waals surface area contributed by atoms with Gasteiger partial charge in [-0.2, -0.15) is 5.10 Å². The normalized spacial score (nSPS) is 23.7. The average molecular weight is 401 g/mol. The van der Waals surface area contributed by atoms with Gasteiger partial charge in [-0.15, -0.1) is 0 Å².